The molecule has 0 saturated heterocycles. The zero-order valence-electron chi connectivity index (χ0n) is 14.1. The normalized spacial score (nSPS) is 12.1. The van der Waals surface area contributed by atoms with Crippen LogP contribution in [-0.4, -0.2) is 34.1 Å². The fraction of sp³-hybridized carbons (Fsp3) is 0.353. The van der Waals surface area contributed by atoms with Crippen LogP contribution in [0.3, 0.4) is 0 Å². The predicted octanol–water partition coefficient (Wildman–Crippen LogP) is 2.76. The molecule has 1 atom stereocenters. The van der Waals surface area contributed by atoms with E-state index in [1.165, 1.54) is 24.9 Å². The molecule has 8 heteroatoms. The number of halogens is 2. The Bertz CT molecular complexity index is 757. The van der Waals surface area contributed by atoms with E-state index in [4.69, 9.17) is 4.74 Å². The van der Waals surface area contributed by atoms with Gasteiger partial charge in [0, 0.05) is 18.8 Å². The lowest BCUT2D eigenvalue weighted by Gasteiger charge is -2.15. The third kappa shape index (κ3) is 4.85. The number of nitrogens with zero attached hydrogens (tertiary/aromatic N) is 2. The molecule has 0 aliphatic heterocycles. The number of nitrogens with one attached hydrogen (secondary N) is 1. The van der Waals surface area contributed by atoms with Gasteiger partial charge in [0.15, 0.2) is 5.78 Å². The van der Waals surface area contributed by atoms with Crippen molar-refractivity contribution < 1.29 is 23.1 Å². The molecule has 1 amide bonds. The molecule has 6 nitrogen and oxygen atoms in total. The maximum Gasteiger partial charge on any atom is 0.282 e. The number of carbonyl (C=O) groups is 2. The molecule has 1 unspecified atom stereocenters. The van der Waals surface area contributed by atoms with Gasteiger partial charge in [-0.05, 0) is 38.1 Å². The first-order valence-electron chi connectivity index (χ1n) is 7.64. The maximum absolute atomic E-state index is 12.9. The molecule has 1 aromatic carbocycles. The lowest BCUT2D eigenvalue weighted by Crippen LogP contribution is -2.37. The molecule has 1 N–H and O–H groups in total. The van der Waals surface area contributed by atoms with Crippen molar-refractivity contribution in [2.45, 2.75) is 26.3 Å². The van der Waals surface area contributed by atoms with E-state index in [1.54, 1.807) is 31.2 Å². The van der Waals surface area contributed by atoms with E-state index in [1.807, 2.05) is 0 Å². The number of benzene rings is 1. The van der Waals surface area contributed by atoms with Crippen LogP contribution in [0, 0.1) is 0 Å². The number of ether oxygens (including phenoxy) is 1. The van der Waals surface area contributed by atoms with Crippen molar-refractivity contribution in [3.8, 4) is 5.75 Å². The molecule has 134 valence electrons. The maximum atomic E-state index is 12.9. The number of hydrogen-bond donors (Lipinski definition) is 1. The molecule has 0 aliphatic carbocycles. The van der Waals surface area contributed by atoms with Crippen LogP contribution in [0.25, 0.3) is 0 Å². The highest BCUT2D eigenvalue weighted by molar-refractivity contribution is 5.95. The number of carbonyl (C=O) groups excluding carboxylic acids is 2. The zero-order chi connectivity index (χ0) is 18.6. The van der Waals surface area contributed by atoms with E-state index in [9.17, 15) is 18.4 Å². The molecule has 0 spiro atoms. The largest absolute Gasteiger partial charge is 0.491 e. The average Bonchev–Trinajstić information content (AvgIpc) is 2.95. The molecule has 0 bridgehead atoms. The van der Waals surface area contributed by atoms with Crippen LogP contribution in [0.4, 0.5) is 8.78 Å². The predicted molar refractivity (Wildman–Crippen MR) is 87.0 cm³/mol. The van der Waals surface area contributed by atoms with Gasteiger partial charge in [-0.2, -0.15) is 5.10 Å². The summed E-state index contributed by atoms with van der Waals surface area (Å²) in [5.74, 6) is -0.134. The number of rotatable bonds is 7. The molecule has 0 fully saturated rings. The van der Waals surface area contributed by atoms with Crippen molar-refractivity contribution in [2.24, 2.45) is 7.05 Å². The van der Waals surface area contributed by atoms with Crippen LogP contribution in [0.15, 0.2) is 30.5 Å². The van der Waals surface area contributed by atoms with Crippen molar-refractivity contribution in [3.63, 3.8) is 0 Å². The van der Waals surface area contributed by atoms with E-state index in [0.29, 0.717) is 11.3 Å². The van der Waals surface area contributed by atoms with Crippen LogP contribution < -0.4 is 10.1 Å². The number of aryl methyl sites for hydroxylation is 1. The minimum atomic E-state index is -2.83. The van der Waals surface area contributed by atoms with Crippen LogP contribution >= 0.6 is 0 Å². The SMILES string of the molecule is CC(=O)c1ccc(OCC(C)NC(=O)c2cn(C)nc2C(F)F)cc1. The molecular formula is C17H19F2N3O3. The Morgan fingerprint density at radius 1 is 1.28 bits per heavy atom. The van der Waals surface area contributed by atoms with E-state index in [0.717, 1.165) is 0 Å². The van der Waals surface area contributed by atoms with Gasteiger partial charge < -0.3 is 10.1 Å². The van der Waals surface area contributed by atoms with Crippen molar-refractivity contribution in [1.29, 1.82) is 0 Å². The topological polar surface area (TPSA) is 73.2 Å². The second kappa shape index (κ2) is 7.87. The van der Waals surface area contributed by atoms with Gasteiger partial charge in [-0.25, -0.2) is 8.78 Å². The Morgan fingerprint density at radius 3 is 2.48 bits per heavy atom. The highest BCUT2D eigenvalue weighted by Gasteiger charge is 2.23. The van der Waals surface area contributed by atoms with Gasteiger partial charge in [-0.3, -0.25) is 14.3 Å². The Balaban J connectivity index is 1.92. The minimum Gasteiger partial charge on any atom is -0.491 e. The summed E-state index contributed by atoms with van der Waals surface area (Å²) in [6.07, 6.45) is -1.57. The van der Waals surface area contributed by atoms with Crippen LogP contribution in [-0.2, 0) is 7.05 Å². The van der Waals surface area contributed by atoms with Gasteiger partial charge in [0.1, 0.15) is 18.1 Å². The summed E-state index contributed by atoms with van der Waals surface area (Å²) in [7, 11) is 1.47. The number of alkyl halides is 2. The molecule has 2 aromatic rings. The summed E-state index contributed by atoms with van der Waals surface area (Å²) in [6, 6.07) is 6.19. The third-order valence-corrected chi connectivity index (χ3v) is 3.45. The fourth-order valence-electron chi connectivity index (χ4n) is 2.19. The number of Topliss-reactive ketones (excluding diaryl/α,β-unsaturated/α-hetero) is 1. The van der Waals surface area contributed by atoms with Gasteiger partial charge in [-0.15, -0.1) is 0 Å². The van der Waals surface area contributed by atoms with Gasteiger partial charge >= 0.3 is 0 Å². The number of amides is 1. The summed E-state index contributed by atoms with van der Waals surface area (Å²) >= 11 is 0. The average molecular weight is 351 g/mol. The monoisotopic (exact) mass is 351 g/mol. The lowest BCUT2D eigenvalue weighted by atomic mass is 10.1. The minimum absolute atomic E-state index is 0.0431. The molecule has 1 heterocycles. The van der Waals surface area contributed by atoms with Crippen molar-refractivity contribution in [2.75, 3.05) is 6.61 Å². The van der Waals surface area contributed by atoms with Crippen molar-refractivity contribution in [1.82, 2.24) is 15.1 Å². The summed E-state index contributed by atoms with van der Waals surface area (Å²) in [6.45, 7) is 3.31. The Kier molecular flexibility index (Phi) is 5.84. The quantitative estimate of drug-likeness (QED) is 0.779. The molecule has 25 heavy (non-hydrogen) atoms. The smallest absolute Gasteiger partial charge is 0.282 e. The molecular weight excluding hydrogens is 332 g/mol. The van der Waals surface area contributed by atoms with Gasteiger partial charge in [0.05, 0.1) is 11.6 Å². The van der Waals surface area contributed by atoms with Crippen LogP contribution in [0.1, 0.15) is 46.7 Å². The van der Waals surface area contributed by atoms with E-state index in [-0.39, 0.29) is 18.0 Å². The van der Waals surface area contributed by atoms with E-state index in [2.05, 4.69) is 10.4 Å². The number of aromatic nitrogens is 2. The van der Waals surface area contributed by atoms with Crippen LogP contribution in [0.2, 0.25) is 0 Å². The van der Waals surface area contributed by atoms with Crippen molar-refractivity contribution in [3.05, 3.63) is 47.3 Å². The number of ketones is 1. The molecule has 0 radical (unpaired) electrons. The third-order valence-electron chi connectivity index (χ3n) is 3.45. The first kappa shape index (κ1) is 18.6. The fourth-order valence-corrected chi connectivity index (χ4v) is 2.19. The summed E-state index contributed by atoms with van der Waals surface area (Å²) in [4.78, 5) is 23.3. The molecule has 1 aromatic heterocycles. The molecule has 0 aliphatic rings. The second-order valence-electron chi connectivity index (χ2n) is 5.67. The Labute approximate surface area is 143 Å². The van der Waals surface area contributed by atoms with Crippen molar-refractivity contribution >= 4 is 11.7 Å². The summed E-state index contributed by atoms with van der Waals surface area (Å²) in [5, 5.41) is 6.20. The standard InChI is InChI=1S/C17H19F2N3O3/c1-10(9-25-13-6-4-12(5-7-13)11(2)23)20-17(24)14-8-22(3)21-15(14)16(18)19/h4-8,10,16H,9H2,1-3H3,(H,20,24). The zero-order valence-corrected chi connectivity index (χ0v) is 14.1. The second-order valence-corrected chi connectivity index (χ2v) is 5.67. The van der Waals surface area contributed by atoms with Gasteiger partial charge in [0.2, 0.25) is 0 Å². The first-order chi connectivity index (χ1) is 11.8. The van der Waals surface area contributed by atoms with E-state index < -0.39 is 24.1 Å². The van der Waals surface area contributed by atoms with Gasteiger partial charge in [0.25, 0.3) is 12.3 Å². The highest BCUT2D eigenvalue weighted by atomic mass is 19.3. The lowest BCUT2D eigenvalue weighted by molar-refractivity contribution is 0.0911. The molecule has 0 saturated carbocycles. The Hall–Kier alpha value is -2.77. The first-order valence-corrected chi connectivity index (χ1v) is 7.64. The Morgan fingerprint density at radius 2 is 1.92 bits per heavy atom. The number of hydrogen-bond acceptors (Lipinski definition) is 4. The highest BCUT2D eigenvalue weighted by Crippen LogP contribution is 2.21. The van der Waals surface area contributed by atoms with Crippen LogP contribution in [0.5, 0.6) is 5.75 Å². The molecule has 2 rings (SSSR count). The summed E-state index contributed by atoms with van der Waals surface area (Å²) in [5.41, 5.74) is -0.132. The summed E-state index contributed by atoms with van der Waals surface area (Å²) < 4.78 is 32.5. The van der Waals surface area contributed by atoms with Gasteiger partial charge in [-0.1, -0.05) is 0 Å². The van der Waals surface area contributed by atoms with E-state index >= 15 is 0 Å².